The minimum atomic E-state index is -0.547. The number of thiazole rings is 1. The van der Waals surface area contributed by atoms with Crippen molar-refractivity contribution in [3.05, 3.63) is 58.3 Å². The monoisotopic (exact) mass is 350 g/mol. The van der Waals surface area contributed by atoms with Crippen molar-refractivity contribution < 1.29 is 9.18 Å². The fourth-order valence-electron chi connectivity index (χ4n) is 1.76. The Bertz CT molecular complexity index is 803. The van der Waals surface area contributed by atoms with E-state index in [-0.39, 0.29) is 5.56 Å². The number of hydrogen-bond acceptors (Lipinski definition) is 3. The number of nitrogens with one attached hydrogen (secondary N) is 1. The Balaban J connectivity index is 1.89. The number of carbonyl (C=O) groups is 1. The van der Waals surface area contributed by atoms with Crippen molar-refractivity contribution in [2.24, 2.45) is 0 Å². The Morgan fingerprint density at radius 2 is 2.05 bits per heavy atom. The first-order valence-corrected chi connectivity index (χ1v) is 7.36. The molecular formula is C14H8BrFN2OS. The van der Waals surface area contributed by atoms with Gasteiger partial charge in [0.1, 0.15) is 5.82 Å². The predicted molar refractivity (Wildman–Crippen MR) is 81.7 cm³/mol. The molecule has 6 heteroatoms. The highest BCUT2D eigenvalue weighted by atomic mass is 79.9. The first-order chi connectivity index (χ1) is 9.63. The summed E-state index contributed by atoms with van der Waals surface area (Å²) in [5.41, 5.74) is 0.801. The summed E-state index contributed by atoms with van der Waals surface area (Å²) >= 11 is 4.73. The Kier molecular flexibility index (Phi) is 3.50. The van der Waals surface area contributed by atoms with E-state index in [1.807, 2.05) is 18.2 Å². The predicted octanol–water partition coefficient (Wildman–Crippen LogP) is 4.45. The highest BCUT2D eigenvalue weighted by Crippen LogP contribution is 2.28. The maximum atomic E-state index is 13.5. The topological polar surface area (TPSA) is 42.0 Å². The smallest absolute Gasteiger partial charge is 0.260 e. The van der Waals surface area contributed by atoms with Crippen molar-refractivity contribution in [2.45, 2.75) is 0 Å². The highest BCUT2D eigenvalue weighted by Gasteiger charge is 2.13. The van der Waals surface area contributed by atoms with Crippen LogP contribution in [0.5, 0.6) is 0 Å². The normalized spacial score (nSPS) is 10.7. The van der Waals surface area contributed by atoms with Gasteiger partial charge in [-0.2, -0.15) is 0 Å². The fourth-order valence-corrected chi connectivity index (χ4v) is 3.17. The Hall–Kier alpha value is -1.79. The molecule has 1 aromatic heterocycles. The molecule has 3 rings (SSSR count). The van der Waals surface area contributed by atoms with Crippen LogP contribution in [0.15, 0.2) is 46.9 Å². The first-order valence-electron chi connectivity index (χ1n) is 5.75. The largest absolute Gasteiger partial charge is 0.298 e. The molecule has 0 saturated carbocycles. The summed E-state index contributed by atoms with van der Waals surface area (Å²) in [5.74, 6) is -1.05. The third-order valence-corrected chi connectivity index (χ3v) is 4.12. The molecule has 0 aliphatic heterocycles. The summed E-state index contributed by atoms with van der Waals surface area (Å²) in [4.78, 5) is 16.3. The molecule has 0 spiro atoms. The third-order valence-electron chi connectivity index (χ3n) is 2.69. The Labute approximate surface area is 126 Å². The van der Waals surface area contributed by atoms with Gasteiger partial charge in [-0.3, -0.25) is 10.1 Å². The van der Waals surface area contributed by atoms with Crippen molar-refractivity contribution in [2.75, 3.05) is 5.32 Å². The van der Waals surface area contributed by atoms with Gasteiger partial charge in [-0.25, -0.2) is 9.37 Å². The summed E-state index contributed by atoms with van der Waals surface area (Å²) in [6.45, 7) is 0. The van der Waals surface area contributed by atoms with Crippen LogP contribution >= 0.6 is 27.3 Å². The third kappa shape index (κ3) is 2.57. The molecule has 1 heterocycles. The number of anilines is 1. The molecule has 20 heavy (non-hydrogen) atoms. The van der Waals surface area contributed by atoms with Crippen LogP contribution < -0.4 is 5.32 Å². The van der Waals surface area contributed by atoms with E-state index in [9.17, 15) is 9.18 Å². The van der Waals surface area contributed by atoms with E-state index < -0.39 is 11.7 Å². The number of nitrogens with zero attached hydrogens (tertiary/aromatic N) is 1. The quantitative estimate of drug-likeness (QED) is 0.741. The lowest BCUT2D eigenvalue weighted by molar-refractivity contribution is 0.102. The van der Waals surface area contributed by atoms with Gasteiger partial charge in [0.15, 0.2) is 5.13 Å². The van der Waals surface area contributed by atoms with Gasteiger partial charge in [0.2, 0.25) is 0 Å². The van der Waals surface area contributed by atoms with E-state index in [4.69, 9.17) is 0 Å². The molecule has 0 aliphatic rings. The first kappa shape index (κ1) is 13.2. The second kappa shape index (κ2) is 5.30. The molecule has 0 bridgehead atoms. The molecule has 0 fully saturated rings. The summed E-state index contributed by atoms with van der Waals surface area (Å²) in [7, 11) is 0. The van der Waals surface area contributed by atoms with Gasteiger partial charge in [0.05, 0.1) is 15.8 Å². The van der Waals surface area contributed by atoms with Crippen molar-refractivity contribution >= 4 is 48.5 Å². The molecular weight excluding hydrogens is 343 g/mol. The SMILES string of the molecule is O=C(Nc1nc2ccc(Br)cc2s1)c1ccccc1F. The Morgan fingerprint density at radius 1 is 1.25 bits per heavy atom. The van der Waals surface area contributed by atoms with Crippen LogP contribution in [-0.2, 0) is 0 Å². The van der Waals surface area contributed by atoms with E-state index in [1.54, 1.807) is 12.1 Å². The molecule has 3 aromatic rings. The average molecular weight is 351 g/mol. The van der Waals surface area contributed by atoms with Crippen LogP contribution in [0.2, 0.25) is 0 Å². The van der Waals surface area contributed by atoms with Gasteiger partial charge < -0.3 is 0 Å². The van der Waals surface area contributed by atoms with Crippen molar-refractivity contribution in [3.63, 3.8) is 0 Å². The number of halogens is 2. The van der Waals surface area contributed by atoms with Gasteiger partial charge in [-0.15, -0.1) is 0 Å². The molecule has 0 radical (unpaired) electrons. The molecule has 1 N–H and O–H groups in total. The van der Waals surface area contributed by atoms with Crippen LogP contribution in [0.3, 0.4) is 0 Å². The molecule has 0 aliphatic carbocycles. The zero-order chi connectivity index (χ0) is 14.1. The van der Waals surface area contributed by atoms with Crippen LogP contribution in [-0.4, -0.2) is 10.9 Å². The van der Waals surface area contributed by atoms with Crippen LogP contribution in [0.1, 0.15) is 10.4 Å². The summed E-state index contributed by atoms with van der Waals surface area (Å²) in [5, 5.41) is 3.07. The highest BCUT2D eigenvalue weighted by molar-refractivity contribution is 9.10. The van der Waals surface area contributed by atoms with Gasteiger partial charge in [0, 0.05) is 4.47 Å². The minimum absolute atomic E-state index is 0.00735. The molecule has 100 valence electrons. The zero-order valence-electron chi connectivity index (χ0n) is 10.1. The van der Waals surface area contributed by atoms with Crippen LogP contribution in [0.4, 0.5) is 9.52 Å². The molecule has 0 saturated heterocycles. The number of rotatable bonds is 2. The van der Waals surface area contributed by atoms with Crippen molar-refractivity contribution in [3.8, 4) is 0 Å². The fraction of sp³-hybridized carbons (Fsp3) is 0. The van der Waals surface area contributed by atoms with Crippen LogP contribution in [0.25, 0.3) is 10.2 Å². The number of fused-ring (bicyclic) bond motifs is 1. The maximum absolute atomic E-state index is 13.5. The lowest BCUT2D eigenvalue weighted by Gasteiger charge is -2.02. The number of carbonyl (C=O) groups excluding carboxylic acids is 1. The lowest BCUT2D eigenvalue weighted by Crippen LogP contribution is -2.13. The van der Waals surface area contributed by atoms with E-state index in [0.717, 1.165) is 14.7 Å². The Morgan fingerprint density at radius 3 is 2.85 bits per heavy atom. The van der Waals surface area contributed by atoms with Gasteiger partial charge in [-0.05, 0) is 30.3 Å². The summed E-state index contributed by atoms with van der Waals surface area (Å²) < 4.78 is 15.4. The number of benzene rings is 2. The van der Waals surface area contributed by atoms with Crippen molar-refractivity contribution in [1.82, 2.24) is 4.98 Å². The summed E-state index contributed by atoms with van der Waals surface area (Å²) in [6, 6.07) is 11.5. The number of aromatic nitrogens is 1. The minimum Gasteiger partial charge on any atom is -0.298 e. The second-order valence-corrected chi connectivity index (χ2v) is 6.01. The molecule has 3 nitrogen and oxygen atoms in total. The molecule has 2 aromatic carbocycles. The average Bonchev–Trinajstić information content (AvgIpc) is 2.80. The number of amides is 1. The second-order valence-electron chi connectivity index (χ2n) is 4.07. The van der Waals surface area contributed by atoms with E-state index >= 15 is 0 Å². The zero-order valence-corrected chi connectivity index (χ0v) is 12.5. The number of hydrogen-bond donors (Lipinski definition) is 1. The van der Waals surface area contributed by atoms with Crippen LogP contribution in [0, 0.1) is 5.82 Å². The van der Waals surface area contributed by atoms with E-state index in [0.29, 0.717) is 5.13 Å². The van der Waals surface area contributed by atoms with Gasteiger partial charge in [0.25, 0.3) is 5.91 Å². The molecule has 0 atom stereocenters. The van der Waals surface area contributed by atoms with Crippen molar-refractivity contribution in [1.29, 1.82) is 0 Å². The van der Waals surface area contributed by atoms with Gasteiger partial charge >= 0.3 is 0 Å². The molecule has 0 unspecified atom stereocenters. The summed E-state index contributed by atoms with van der Waals surface area (Å²) in [6.07, 6.45) is 0. The molecule has 1 amide bonds. The van der Waals surface area contributed by atoms with Gasteiger partial charge in [-0.1, -0.05) is 39.4 Å². The van der Waals surface area contributed by atoms with E-state index in [1.165, 1.54) is 23.5 Å². The standard InChI is InChI=1S/C14H8BrFN2OS/c15-8-5-6-11-12(7-8)20-14(17-11)18-13(19)9-3-1-2-4-10(9)16/h1-7H,(H,17,18,19). The lowest BCUT2D eigenvalue weighted by atomic mass is 10.2. The van der Waals surface area contributed by atoms with E-state index in [2.05, 4.69) is 26.2 Å². The maximum Gasteiger partial charge on any atom is 0.260 e.